The van der Waals surface area contributed by atoms with Crippen molar-refractivity contribution in [3.8, 4) is 0 Å². The van der Waals surface area contributed by atoms with Crippen molar-refractivity contribution in [2.75, 3.05) is 26.7 Å². The van der Waals surface area contributed by atoms with Gasteiger partial charge in [-0.1, -0.05) is 0 Å². The fraction of sp³-hybridized carbons (Fsp3) is 0.571. The highest BCUT2D eigenvalue weighted by Crippen LogP contribution is 2.46. The molecule has 0 saturated carbocycles. The van der Waals surface area contributed by atoms with E-state index in [1.165, 1.54) is 4.31 Å². The SMILES string of the molecule is CN1C[C@@]23CN(C(=O)c4ccncc4)C[C@@H](C[C@@H]2S1(=O)=O)O3. The summed E-state index contributed by atoms with van der Waals surface area (Å²) in [6.07, 6.45) is 3.43. The molecular formula is C14H17N3O4S. The van der Waals surface area contributed by atoms with Gasteiger partial charge >= 0.3 is 0 Å². The van der Waals surface area contributed by atoms with Gasteiger partial charge in [-0.3, -0.25) is 9.78 Å². The van der Waals surface area contributed by atoms with Crippen molar-refractivity contribution in [3.63, 3.8) is 0 Å². The van der Waals surface area contributed by atoms with Crippen LogP contribution in [0.2, 0.25) is 0 Å². The molecule has 1 aromatic heterocycles. The number of ether oxygens (including phenoxy) is 1. The number of hydrogen-bond donors (Lipinski definition) is 0. The normalized spacial score (nSPS) is 36.3. The summed E-state index contributed by atoms with van der Waals surface area (Å²) < 4.78 is 32.1. The lowest BCUT2D eigenvalue weighted by Crippen LogP contribution is -2.56. The molecule has 4 heterocycles. The number of aromatic nitrogens is 1. The number of morpholine rings is 1. The third-order valence-corrected chi connectivity index (χ3v) is 7.19. The van der Waals surface area contributed by atoms with Gasteiger partial charge in [0, 0.05) is 38.1 Å². The van der Waals surface area contributed by atoms with Crippen molar-refractivity contribution < 1.29 is 17.9 Å². The van der Waals surface area contributed by atoms with Gasteiger partial charge in [0.15, 0.2) is 0 Å². The van der Waals surface area contributed by atoms with Gasteiger partial charge in [0.1, 0.15) is 10.9 Å². The first-order valence-corrected chi connectivity index (χ1v) is 8.75. The van der Waals surface area contributed by atoms with Crippen molar-refractivity contribution in [2.24, 2.45) is 0 Å². The zero-order chi connectivity index (χ0) is 15.5. The van der Waals surface area contributed by atoms with E-state index < -0.39 is 20.9 Å². The van der Waals surface area contributed by atoms with Gasteiger partial charge in [-0.15, -0.1) is 0 Å². The van der Waals surface area contributed by atoms with E-state index in [-0.39, 0.29) is 12.0 Å². The predicted molar refractivity (Wildman–Crippen MR) is 77.7 cm³/mol. The molecule has 0 N–H and O–H groups in total. The number of likely N-dealkylation sites (N-methyl/N-ethyl adjacent to an activating group) is 1. The number of pyridine rings is 1. The molecule has 4 rings (SSSR count). The molecule has 1 aromatic rings. The van der Waals surface area contributed by atoms with Crippen LogP contribution in [0.3, 0.4) is 0 Å². The van der Waals surface area contributed by atoms with Gasteiger partial charge in [-0.25, -0.2) is 12.7 Å². The number of sulfonamides is 1. The lowest BCUT2D eigenvalue weighted by molar-refractivity contribution is -0.0966. The van der Waals surface area contributed by atoms with E-state index >= 15 is 0 Å². The first kappa shape index (κ1) is 14.1. The first-order chi connectivity index (χ1) is 10.4. The summed E-state index contributed by atoms with van der Waals surface area (Å²) in [5, 5.41) is -0.537. The molecule has 0 aliphatic carbocycles. The van der Waals surface area contributed by atoms with Crippen molar-refractivity contribution in [1.82, 2.24) is 14.2 Å². The lowest BCUT2D eigenvalue weighted by atomic mass is 9.99. The lowest BCUT2D eigenvalue weighted by Gasteiger charge is -2.39. The minimum atomic E-state index is -3.32. The Morgan fingerprint density at radius 2 is 2.09 bits per heavy atom. The fourth-order valence-electron chi connectivity index (χ4n) is 3.89. The molecule has 7 nitrogen and oxygen atoms in total. The van der Waals surface area contributed by atoms with Crippen molar-refractivity contribution in [1.29, 1.82) is 0 Å². The minimum Gasteiger partial charge on any atom is -0.365 e. The van der Waals surface area contributed by atoms with Crippen LogP contribution in [-0.2, 0) is 14.8 Å². The third-order valence-electron chi connectivity index (χ3n) is 4.85. The monoisotopic (exact) mass is 323 g/mol. The summed E-state index contributed by atoms with van der Waals surface area (Å²) in [6, 6.07) is 3.35. The zero-order valence-electron chi connectivity index (χ0n) is 12.2. The quantitative estimate of drug-likeness (QED) is 0.709. The van der Waals surface area contributed by atoms with Crippen molar-refractivity contribution in [2.45, 2.75) is 23.4 Å². The van der Waals surface area contributed by atoms with Crippen LogP contribution in [0, 0.1) is 0 Å². The second-order valence-electron chi connectivity index (χ2n) is 6.25. The van der Waals surface area contributed by atoms with Crippen molar-refractivity contribution in [3.05, 3.63) is 30.1 Å². The maximum Gasteiger partial charge on any atom is 0.254 e. The van der Waals surface area contributed by atoms with Crippen LogP contribution in [-0.4, -0.2) is 72.2 Å². The molecular weight excluding hydrogens is 306 g/mol. The highest BCUT2D eigenvalue weighted by atomic mass is 32.2. The van der Waals surface area contributed by atoms with Crippen LogP contribution in [0.1, 0.15) is 16.8 Å². The van der Waals surface area contributed by atoms with Crippen LogP contribution in [0.15, 0.2) is 24.5 Å². The molecule has 118 valence electrons. The summed E-state index contributed by atoms with van der Waals surface area (Å²) in [7, 11) is -1.75. The molecule has 1 amide bonds. The summed E-state index contributed by atoms with van der Waals surface area (Å²) in [6.45, 7) is 1.08. The Hall–Kier alpha value is -1.51. The van der Waals surface area contributed by atoms with Gasteiger partial charge in [0.25, 0.3) is 5.91 Å². The second kappa shape index (κ2) is 4.50. The van der Waals surface area contributed by atoms with Crippen molar-refractivity contribution >= 4 is 15.9 Å². The Morgan fingerprint density at radius 1 is 1.36 bits per heavy atom. The topological polar surface area (TPSA) is 79.8 Å². The van der Waals surface area contributed by atoms with Gasteiger partial charge < -0.3 is 9.64 Å². The Labute approximate surface area is 128 Å². The maximum atomic E-state index is 12.6. The molecule has 22 heavy (non-hydrogen) atoms. The molecule has 3 aliphatic heterocycles. The Morgan fingerprint density at radius 3 is 2.82 bits per heavy atom. The van der Waals surface area contributed by atoms with Crippen LogP contribution < -0.4 is 0 Å². The maximum absolute atomic E-state index is 12.6. The third kappa shape index (κ3) is 1.84. The standard InChI is InChI=1S/C14H17N3O4S/c1-16-8-14-9-17(13(18)10-2-4-15-5-3-10)7-11(21-14)6-12(14)22(16,19)20/h2-5,11-12H,6-9H2,1H3/t11-,12+,14-/m1/s1. The van der Waals surface area contributed by atoms with E-state index in [0.29, 0.717) is 31.6 Å². The Bertz CT molecular complexity index is 723. The number of likely N-dealkylation sites (tertiary alicyclic amines) is 1. The molecule has 0 aromatic carbocycles. The summed E-state index contributed by atoms with van der Waals surface area (Å²) in [4.78, 5) is 18.3. The van der Waals surface area contributed by atoms with E-state index in [9.17, 15) is 13.2 Å². The highest BCUT2D eigenvalue weighted by molar-refractivity contribution is 7.90. The summed E-state index contributed by atoms with van der Waals surface area (Å²) in [5.41, 5.74) is -0.211. The van der Waals surface area contributed by atoms with Crippen LogP contribution in [0.25, 0.3) is 0 Å². The zero-order valence-corrected chi connectivity index (χ0v) is 13.0. The predicted octanol–water partition coefficient (Wildman–Crippen LogP) is -0.291. The molecule has 3 atom stereocenters. The number of amides is 1. The molecule has 3 fully saturated rings. The molecule has 8 heteroatoms. The van der Waals surface area contributed by atoms with Crippen LogP contribution in [0.4, 0.5) is 0 Å². The van der Waals surface area contributed by atoms with Crippen LogP contribution >= 0.6 is 0 Å². The second-order valence-corrected chi connectivity index (χ2v) is 8.47. The van der Waals surface area contributed by atoms with Gasteiger partial charge in [-0.2, -0.15) is 0 Å². The average Bonchev–Trinajstić information content (AvgIpc) is 2.86. The first-order valence-electron chi connectivity index (χ1n) is 7.25. The van der Waals surface area contributed by atoms with E-state index in [1.807, 2.05) is 0 Å². The largest absolute Gasteiger partial charge is 0.365 e. The van der Waals surface area contributed by atoms with E-state index in [4.69, 9.17) is 4.74 Å². The van der Waals surface area contributed by atoms with Gasteiger partial charge in [-0.05, 0) is 18.6 Å². The fourth-order valence-corrected chi connectivity index (χ4v) is 5.93. The van der Waals surface area contributed by atoms with E-state index in [0.717, 1.165) is 0 Å². The molecule has 0 radical (unpaired) electrons. The van der Waals surface area contributed by atoms with E-state index in [2.05, 4.69) is 4.98 Å². The number of nitrogens with zero attached hydrogens (tertiary/aromatic N) is 3. The molecule has 3 aliphatic rings. The minimum absolute atomic E-state index is 0.0947. The number of carbonyl (C=O) groups excluding carboxylic acids is 1. The average molecular weight is 323 g/mol. The number of fused-ring (bicyclic) bond motifs is 1. The van der Waals surface area contributed by atoms with Gasteiger partial charge in [0.05, 0.1) is 12.6 Å². The molecule has 0 unspecified atom stereocenters. The summed E-state index contributed by atoms with van der Waals surface area (Å²) >= 11 is 0. The highest BCUT2D eigenvalue weighted by Gasteiger charge is 2.64. The Kier molecular flexibility index (Phi) is 2.88. The summed E-state index contributed by atoms with van der Waals surface area (Å²) in [5.74, 6) is -0.0947. The molecule has 2 bridgehead atoms. The molecule has 3 saturated heterocycles. The molecule has 1 spiro atoms. The number of carbonyl (C=O) groups is 1. The number of rotatable bonds is 1. The van der Waals surface area contributed by atoms with Crippen LogP contribution in [0.5, 0.6) is 0 Å². The van der Waals surface area contributed by atoms with Gasteiger partial charge in [0.2, 0.25) is 10.0 Å². The smallest absolute Gasteiger partial charge is 0.254 e. The Balaban J connectivity index is 1.65. The van der Waals surface area contributed by atoms with E-state index in [1.54, 1.807) is 36.5 Å². The number of hydrogen-bond acceptors (Lipinski definition) is 5.